The predicted octanol–water partition coefficient (Wildman–Crippen LogP) is 4.20. The second kappa shape index (κ2) is 15.7. The number of thiophene rings is 1. The van der Waals surface area contributed by atoms with Crippen LogP contribution in [0.4, 0.5) is 16.4 Å². The van der Waals surface area contributed by atoms with Crippen LogP contribution in [0.3, 0.4) is 0 Å². The summed E-state index contributed by atoms with van der Waals surface area (Å²) in [4.78, 5) is 45.1. The first kappa shape index (κ1) is 38.2. The van der Waals surface area contributed by atoms with Gasteiger partial charge in [-0.3, -0.25) is 18.2 Å². The molecule has 0 spiro atoms. The Morgan fingerprint density at radius 1 is 0.811 bits per heavy atom. The van der Waals surface area contributed by atoms with Crippen LogP contribution in [0.1, 0.15) is 24.3 Å². The number of anilines is 2. The first-order valence-electron chi connectivity index (χ1n) is 15.5. The minimum absolute atomic E-state index is 0.00751. The molecule has 0 radical (unpaired) electrons. The van der Waals surface area contributed by atoms with Gasteiger partial charge in [0.25, 0.3) is 31.9 Å². The van der Waals surface area contributed by atoms with E-state index in [0.717, 1.165) is 19.9 Å². The van der Waals surface area contributed by atoms with Crippen LogP contribution in [-0.4, -0.2) is 85.5 Å². The topological polar surface area (TPSA) is 224 Å². The third-order valence-corrected chi connectivity index (χ3v) is 12.0. The molecule has 0 saturated heterocycles. The lowest BCUT2D eigenvalue weighted by molar-refractivity contribution is -0.114. The Hall–Kier alpha value is -5.99. The third kappa shape index (κ3) is 7.93. The highest BCUT2D eigenvalue weighted by Crippen LogP contribution is 2.39. The van der Waals surface area contributed by atoms with Gasteiger partial charge in [0.2, 0.25) is 6.29 Å². The molecule has 2 amide bonds. The van der Waals surface area contributed by atoms with E-state index < -0.39 is 44.3 Å². The van der Waals surface area contributed by atoms with E-state index in [0.29, 0.717) is 0 Å². The van der Waals surface area contributed by atoms with Crippen molar-refractivity contribution in [3.05, 3.63) is 106 Å². The number of hydrogen-bond acceptors (Lipinski definition) is 14. The van der Waals surface area contributed by atoms with Gasteiger partial charge < -0.3 is 30.0 Å². The third-order valence-electron chi connectivity index (χ3n) is 7.37. The summed E-state index contributed by atoms with van der Waals surface area (Å²) in [6.07, 6.45) is 0.838. The van der Waals surface area contributed by atoms with Crippen LogP contribution in [0.2, 0.25) is 0 Å². The lowest BCUT2D eigenvalue weighted by Gasteiger charge is -2.31. The minimum atomic E-state index is -4.03. The molecule has 3 aromatic heterocycles. The molecular formula is C33H32N6O11S3. The predicted molar refractivity (Wildman–Crippen MR) is 192 cm³/mol. The second-order valence-electron chi connectivity index (χ2n) is 10.8. The number of aromatic nitrogens is 2. The number of nitrogens with one attached hydrogen (secondary N) is 2. The van der Waals surface area contributed by atoms with Gasteiger partial charge in [0, 0.05) is 39.0 Å². The zero-order valence-corrected chi connectivity index (χ0v) is 30.9. The normalized spacial score (nSPS) is 15.8. The maximum Gasteiger partial charge on any atom is 0.511 e. The number of nitrogens with zero attached hydrogens (tertiary/aromatic N) is 4. The van der Waals surface area contributed by atoms with Crippen LogP contribution in [0.5, 0.6) is 0 Å². The summed E-state index contributed by atoms with van der Waals surface area (Å²) in [7, 11) is -5.42. The highest BCUT2D eigenvalue weighted by atomic mass is 32.2. The fraction of sp³-hybridized carbons (Fsp3) is 0.182. The molecule has 6 rings (SSSR count). The second-order valence-corrected chi connectivity index (χ2v) is 15.5. The van der Waals surface area contributed by atoms with Gasteiger partial charge in [-0.15, -0.1) is 11.3 Å². The number of fused-ring (bicyclic) bond motifs is 2. The Morgan fingerprint density at radius 2 is 1.36 bits per heavy atom. The van der Waals surface area contributed by atoms with Crippen LogP contribution in [0, 0.1) is 0 Å². The largest absolute Gasteiger partial charge is 0.511 e. The van der Waals surface area contributed by atoms with E-state index in [-0.39, 0.29) is 61.4 Å². The summed E-state index contributed by atoms with van der Waals surface area (Å²) in [6.45, 7) is 3.15. The van der Waals surface area contributed by atoms with Crippen molar-refractivity contribution >= 4 is 72.5 Å². The molecule has 17 nitrogen and oxygen atoms in total. The number of amides is 2. The number of benzene rings is 1. The van der Waals surface area contributed by atoms with Gasteiger partial charge >= 0.3 is 6.16 Å². The average molecular weight is 785 g/mol. The van der Waals surface area contributed by atoms with E-state index in [2.05, 4.69) is 20.6 Å². The smallest absolute Gasteiger partial charge is 0.504 e. The molecule has 2 aliphatic heterocycles. The number of hydrogen-bond donors (Lipinski definition) is 3. The molecule has 0 fully saturated rings. The van der Waals surface area contributed by atoms with Crippen LogP contribution in [0.15, 0.2) is 106 Å². The monoisotopic (exact) mass is 784 g/mol. The van der Waals surface area contributed by atoms with Gasteiger partial charge in [0.15, 0.2) is 22.9 Å². The van der Waals surface area contributed by atoms with Crippen molar-refractivity contribution in [2.24, 2.45) is 0 Å². The fourth-order valence-corrected chi connectivity index (χ4v) is 8.88. The van der Waals surface area contributed by atoms with E-state index in [1.165, 1.54) is 51.6 Å². The molecule has 1 unspecified atom stereocenters. The van der Waals surface area contributed by atoms with Gasteiger partial charge in [0.1, 0.15) is 16.5 Å². The van der Waals surface area contributed by atoms with E-state index in [4.69, 9.17) is 14.2 Å². The number of ether oxygens (including phenoxy) is 3. The average Bonchev–Trinajstić information content (AvgIpc) is 3.63. The zero-order valence-electron chi connectivity index (χ0n) is 28.4. The van der Waals surface area contributed by atoms with Crippen molar-refractivity contribution in [3.63, 3.8) is 0 Å². The summed E-state index contributed by atoms with van der Waals surface area (Å²) in [5.41, 5.74) is -0.463. The van der Waals surface area contributed by atoms with Crippen LogP contribution in [-0.2, 0) is 43.8 Å². The standard InChI is InChI=1S/C20H21N3O7S.C13H11N3O4S2/c1-4-28-20(25)30-13(2)29-18-14-9-5-6-10-15(14)31(26,27)23(3)17(18)19(24)22-16-11-7-8-12-21-16;1-16-10(13(18)15-9-4-2-3-6-14-9)11(17)12-8(5-7-21-12)22(16,19)20/h5-13H,4H2,1-3H3,(H,21,22,24);2-7,17H,1H3,(H,14,15,18). The lowest BCUT2D eigenvalue weighted by Crippen LogP contribution is -2.38. The van der Waals surface area contributed by atoms with Gasteiger partial charge in [0.05, 0.1) is 16.4 Å². The van der Waals surface area contributed by atoms with E-state index in [1.54, 1.807) is 60.8 Å². The molecule has 1 aromatic carbocycles. The molecule has 1 atom stereocenters. The van der Waals surface area contributed by atoms with Crippen LogP contribution < -0.4 is 10.6 Å². The Kier molecular flexibility index (Phi) is 11.3. The van der Waals surface area contributed by atoms with Gasteiger partial charge in [-0.05, 0) is 54.8 Å². The molecule has 20 heteroatoms. The fourth-order valence-electron chi connectivity index (χ4n) is 4.93. The summed E-state index contributed by atoms with van der Waals surface area (Å²) < 4.78 is 67.8. The highest BCUT2D eigenvalue weighted by Gasteiger charge is 2.40. The first-order chi connectivity index (χ1) is 25.2. The van der Waals surface area contributed by atoms with E-state index in [9.17, 15) is 36.3 Å². The van der Waals surface area contributed by atoms with E-state index >= 15 is 0 Å². The van der Waals surface area contributed by atoms with Crippen molar-refractivity contribution in [3.8, 4) is 0 Å². The maximum atomic E-state index is 13.1. The van der Waals surface area contributed by atoms with Crippen molar-refractivity contribution in [1.82, 2.24) is 18.6 Å². The van der Waals surface area contributed by atoms with Crippen molar-refractivity contribution in [2.45, 2.75) is 29.9 Å². The Bertz CT molecular complexity index is 2310. The number of likely N-dealkylation sites (N-methyl/N-ethyl adjacent to an activating group) is 2. The SMILES string of the molecule is CCOC(=O)OC(C)OC1=C(C(=O)Nc2ccccn2)N(C)S(=O)(=O)c2ccccc21.CN1C(C(=O)Nc2ccccn2)=C(O)c2sccc2S1(=O)=O. The van der Waals surface area contributed by atoms with Crippen LogP contribution in [0.25, 0.3) is 11.5 Å². The Labute approximate surface area is 308 Å². The number of rotatable bonds is 8. The lowest BCUT2D eigenvalue weighted by atomic mass is 10.1. The van der Waals surface area contributed by atoms with Crippen molar-refractivity contribution in [2.75, 3.05) is 31.3 Å². The number of carbonyl (C=O) groups is 3. The van der Waals surface area contributed by atoms with Gasteiger partial charge in [-0.25, -0.2) is 31.6 Å². The Morgan fingerprint density at radius 3 is 1.94 bits per heavy atom. The van der Waals surface area contributed by atoms with Crippen molar-refractivity contribution < 1.29 is 50.5 Å². The van der Waals surface area contributed by atoms with E-state index in [1.807, 2.05) is 0 Å². The molecule has 278 valence electrons. The quantitative estimate of drug-likeness (QED) is 0.169. The molecule has 0 saturated carbocycles. The Balaban J connectivity index is 0.000000216. The van der Waals surface area contributed by atoms with Gasteiger partial charge in [-0.1, -0.05) is 24.3 Å². The number of aliphatic hydroxyl groups excluding tert-OH is 1. The molecule has 4 aromatic rings. The summed E-state index contributed by atoms with van der Waals surface area (Å²) >= 11 is 1.06. The molecule has 0 bridgehead atoms. The van der Waals surface area contributed by atoms with Gasteiger partial charge in [-0.2, -0.15) is 0 Å². The van der Waals surface area contributed by atoms with Crippen molar-refractivity contribution in [1.29, 1.82) is 0 Å². The summed E-state index contributed by atoms with van der Waals surface area (Å²) in [5.74, 6) is -1.47. The molecule has 53 heavy (non-hydrogen) atoms. The number of aliphatic hydroxyl groups is 1. The molecule has 2 aliphatic rings. The molecule has 3 N–H and O–H groups in total. The number of sulfonamides is 2. The molecule has 5 heterocycles. The molecular weight excluding hydrogens is 753 g/mol. The molecule has 0 aliphatic carbocycles. The number of carbonyl (C=O) groups excluding carboxylic acids is 3. The van der Waals surface area contributed by atoms with Crippen LogP contribution >= 0.6 is 11.3 Å². The highest BCUT2D eigenvalue weighted by molar-refractivity contribution is 7.89. The zero-order chi connectivity index (χ0) is 38.5. The maximum absolute atomic E-state index is 13.1. The number of pyridine rings is 2. The minimum Gasteiger partial charge on any atom is -0.504 e. The first-order valence-corrected chi connectivity index (χ1v) is 19.2. The summed E-state index contributed by atoms with van der Waals surface area (Å²) in [6, 6.07) is 17.3. The summed E-state index contributed by atoms with van der Waals surface area (Å²) in [5, 5.41) is 16.8.